The molecule has 0 bridgehead atoms. The summed E-state index contributed by atoms with van der Waals surface area (Å²) in [6, 6.07) is 20.1. The third kappa shape index (κ3) is 5.46. The van der Waals surface area contributed by atoms with Crippen molar-refractivity contribution in [3.8, 4) is 0 Å². The fraction of sp³-hybridized carbons (Fsp3) is 0.0714. The maximum Gasteiger partial charge on any atom is 0.254 e. The van der Waals surface area contributed by atoms with E-state index in [2.05, 4.69) is 10.3 Å². The smallest absolute Gasteiger partial charge is 0.254 e. The molecule has 2 atom stereocenters. The minimum atomic E-state index is -1.25. The van der Waals surface area contributed by atoms with Gasteiger partial charge in [0.05, 0.1) is 11.6 Å². The molecule has 0 radical (unpaired) electrons. The second-order valence-electron chi connectivity index (χ2n) is 7.72. The Balaban J connectivity index is 1.85. The molecule has 3 nitrogen and oxygen atoms in total. The van der Waals surface area contributed by atoms with Gasteiger partial charge in [0.2, 0.25) is 0 Å². The first-order valence-electron chi connectivity index (χ1n) is 10.8. The van der Waals surface area contributed by atoms with E-state index in [1.165, 1.54) is 79.0 Å². The Morgan fingerprint density at radius 1 is 0.657 bits per heavy atom. The van der Waals surface area contributed by atoms with Crippen LogP contribution < -0.4 is 5.32 Å². The molecular formula is C28H20F4N2O. The summed E-state index contributed by atoms with van der Waals surface area (Å²) >= 11 is 0. The Morgan fingerprint density at radius 3 is 1.77 bits per heavy atom. The van der Waals surface area contributed by atoms with E-state index < -0.39 is 41.3 Å². The summed E-state index contributed by atoms with van der Waals surface area (Å²) in [5.41, 5.74) is -0.0842. The van der Waals surface area contributed by atoms with Gasteiger partial charge in [0, 0.05) is 22.9 Å². The van der Waals surface area contributed by atoms with Crippen molar-refractivity contribution < 1.29 is 22.4 Å². The largest absolute Gasteiger partial charge is 0.342 e. The number of nitrogens with zero attached hydrogens (tertiary/aromatic N) is 1. The fourth-order valence-electron chi connectivity index (χ4n) is 3.72. The zero-order chi connectivity index (χ0) is 24.8. The third-order valence-corrected chi connectivity index (χ3v) is 5.46. The predicted molar refractivity (Wildman–Crippen MR) is 126 cm³/mol. The second kappa shape index (κ2) is 10.8. The van der Waals surface area contributed by atoms with Gasteiger partial charge < -0.3 is 5.32 Å². The van der Waals surface area contributed by atoms with E-state index in [-0.39, 0.29) is 22.3 Å². The molecule has 0 fully saturated rings. The highest BCUT2D eigenvalue weighted by atomic mass is 19.1. The lowest BCUT2D eigenvalue weighted by molar-refractivity contribution is 0.0925. The molecule has 0 heterocycles. The molecule has 1 N–H and O–H groups in total. The molecule has 1 amide bonds. The second-order valence-corrected chi connectivity index (χ2v) is 7.72. The number of amides is 1. The van der Waals surface area contributed by atoms with Crippen molar-refractivity contribution in [3.63, 3.8) is 0 Å². The lowest BCUT2D eigenvalue weighted by atomic mass is 9.92. The van der Waals surface area contributed by atoms with E-state index >= 15 is 0 Å². The normalized spacial score (nSPS) is 12.9. The van der Waals surface area contributed by atoms with Crippen LogP contribution >= 0.6 is 0 Å². The molecule has 4 rings (SSSR count). The highest BCUT2D eigenvalue weighted by Gasteiger charge is 2.31. The molecule has 0 aliphatic heterocycles. The summed E-state index contributed by atoms with van der Waals surface area (Å²) in [7, 11) is 0. The van der Waals surface area contributed by atoms with Crippen LogP contribution in [-0.4, -0.2) is 12.1 Å². The molecule has 176 valence electrons. The lowest BCUT2D eigenvalue weighted by Crippen LogP contribution is -2.33. The third-order valence-electron chi connectivity index (χ3n) is 5.46. The summed E-state index contributed by atoms with van der Waals surface area (Å²) in [6.45, 7) is 0. The molecule has 4 aromatic carbocycles. The van der Waals surface area contributed by atoms with Crippen LogP contribution in [0.5, 0.6) is 0 Å². The van der Waals surface area contributed by atoms with Crippen LogP contribution in [0.1, 0.15) is 39.1 Å². The number of hydrogen-bond donors (Lipinski definition) is 1. The van der Waals surface area contributed by atoms with Crippen molar-refractivity contribution in [2.24, 2.45) is 4.99 Å². The molecule has 0 aromatic heterocycles. The van der Waals surface area contributed by atoms with E-state index in [0.717, 1.165) is 6.07 Å². The first kappa shape index (κ1) is 23.9. The van der Waals surface area contributed by atoms with E-state index in [1.807, 2.05) is 0 Å². The molecule has 7 heteroatoms. The number of halogens is 4. The quantitative estimate of drug-likeness (QED) is 0.238. The predicted octanol–water partition coefficient (Wildman–Crippen LogP) is 6.57. The Labute approximate surface area is 199 Å². The van der Waals surface area contributed by atoms with Crippen molar-refractivity contribution in [3.05, 3.63) is 143 Å². The van der Waals surface area contributed by atoms with Crippen LogP contribution in [0.3, 0.4) is 0 Å². The number of aliphatic imine (C=N–C) groups is 1. The lowest BCUT2D eigenvalue weighted by Gasteiger charge is -2.27. The average molecular weight is 476 g/mol. The number of benzene rings is 4. The summed E-state index contributed by atoms with van der Waals surface area (Å²) in [5, 5.41) is 2.61. The minimum Gasteiger partial charge on any atom is -0.342 e. The van der Waals surface area contributed by atoms with Gasteiger partial charge in [0.1, 0.15) is 29.3 Å². The Bertz CT molecular complexity index is 1370. The van der Waals surface area contributed by atoms with E-state index in [0.29, 0.717) is 0 Å². The number of nitrogens with one attached hydrogen (secondary N) is 1. The van der Waals surface area contributed by atoms with E-state index in [4.69, 9.17) is 0 Å². The Morgan fingerprint density at radius 2 is 1.17 bits per heavy atom. The fourth-order valence-corrected chi connectivity index (χ4v) is 3.72. The monoisotopic (exact) mass is 476 g/mol. The van der Waals surface area contributed by atoms with Gasteiger partial charge in [0.15, 0.2) is 0 Å². The van der Waals surface area contributed by atoms with Gasteiger partial charge in [-0.25, -0.2) is 17.6 Å². The van der Waals surface area contributed by atoms with Crippen molar-refractivity contribution in [1.82, 2.24) is 5.32 Å². The van der Waals surface area contributed by atoms with Gasteiger partial charge in [-0.15, -0.1) is 0 Å². The zero-order valence-corrected chi connectivity index (χ0v) is 18.3. The van der Waals surface area contributed by atoms with Gasteiger partial charge in [-0.1, -0.05) is 66.7 Å². The van der Waals surface area contributed by atoms with Crippen molar-refractivity contribution >= 4 is 12.1 Å². The molecule has 4 aromatic rings. The van der Waals surface area contributed by atoms with Crippen LogP contribution in [0.2, 0.25) is 0 Å². The highest BCUT2D eigenvalue weighted by molar-refractivity contribution is 5.94. The maximum atomic E-state index is 14.9. The van der Waals surface area contributed by atoms with Crippen LogP contribution in [-0.2, 0) is 0 Å². The molecule has 0 unspecified atom stereocenters. The minimum absolute atomic E-state index is 0.0103. The zero-order valence-electron chi connectivity index (χ0n) is 18.3. The van der Waals surface area contributed by atoms with Crippen molar-refractivity contribution in [2.75, 3.05) is 0 Å². The van der Waals surface area contributed by atoms with Gasteiger partial charge in [0.25, 0.3) is 5.91 Å². The molecule has 35 heavy (non-hydrogen) atoms. The number of rotatable bonds is 7. The molecule has 0 saturated heterocycles. The molecule has 0 spiro atoms. The van der Waals surface area contributed by atoms with Gasteiger partial charge in [-0.05, 0) is 30.3 Å². The van der Waals surface area contributed by atoms with Gasteiger partial charge >= 0.3 is 0 Å². The molecule has 0 aliphatic rings. The Hall–Kier alpha value is -4.26. The number of carbonyl (C=O) groups excluding carboxylic acids is 1. The van der Waals surface area contributed by atoms with Crippen molar-refractivity contribution in [2.45, 2.75) is 12.1 Å². The Kier molecular flexibility index (Phi) is 7.35. The number of carbonyl (C=O) groups is 1. The summed E-state index contributed by atoms with van der Waals surface area (Å²) in [6.07, 6.45) is 1.20. The first-order valence-corrected chi connectivity index (χ1v) is 10.8. The van der Waals surface area contributed by atoms with E-state index in [9.17, 15) is 22.4 Å². The van der Waals surface area contributed by atoms with E-state index in [1.54, 1.807) is 18.2 Å². The molecule has 0 aliphatic carbocycles. The number of hydrogen-bond acceptors (Lipinski definition) is 2. The summed E-state index contributed by atoms with van der Waals surface area (Å²) in [5.74, 6) is -3.48. The van der Waals surface area contributed by atoms with Crippen molar-refractivity contribution in [1.29, 1.82) is 0 Å². The topological polar surface area (TPSA) is 41.5 Å². The van der Waals surface area contributed by atoms with Gasteiger partial charge in [-0.2, -0.15) is 0 Å². The van der Waals surface area contributed by atoms with Crippen LogP contribution in [0.4, 0.5) is 17.6 Å². The summed E-state index contributed by atoms with van der Waals surface area (Å²) in [4.78, 5) is 17.4. The SMILES string of the molecule is O=C(N[C@H](c1ccccc1F)[C@H](N=Cc1ccccc1F)c1ccccc1F)c1ccccc1F. The summed E-state index contributed by atoms with van der Waals surface area (Å²) < 4.78 is 58.4. The van der Waals surface area contributed by atoms with Crippen LogP contribution in [0, 0.1) is 23.3 Å². The van der Waals surface area contributed by atoms with Crippen LogP contribution in [0.15, 0.2) is 102 Å². The standard InChI is InChI=1S/C28H20F4N2O/c29-22-13-5-1-9-18(22)17-33-26(19-10-2-6-14-23(19)30)27(20-11-3-7-15-24(20)31)34-28(35)21-12-4-8-16-25(21)32/h1-17,26-27H,(H,34,35)/t26-,27-/m1/s1. The maximum absolute atomic E-state index is 14.9. The van der Waals surface area contributed by atoms with Gasteiger partial charge in [-0.3, -0.25) is 9.79 Å². The highest BCUT2D eigenvalue weighted by Crippen LogP contribution is 2.35. The molecular weight excluding hydrogens is 456 g/mol. The average Bonchev–Trinajstić information content (AvgIpc) is 2.86. The molecule has 0 saturated carbocycles. The first-order chi connectivity index (χ1) is 17.0. The van der Waals surface area contributed by atoms with Crippen LogP contribution in [0.25, 0.3) is 0 Å².